The minimum Gasteiger partial charge on any atom is -0.503 e. The van der Waals surface area contributed by atoms with Gasteiger partial charge in [-0.3, -0.25) is 9.59 Å². The number of amides is 1. The van der Waals surface area contributed by atoms with Gasteiger partial charge in [-0.25, -0.2) is 8.78 Å². The number of carbonyl (C=O) groups is 2. The van der Waals surface area contributed by atoms with Crippen molar-refractivity contribution in [3.8, 4) is 5.75 Å². The molecule has 0 aliphatic rings. The van der Waals surface area contributed by atoms with E-state index in [2.05, 4.69) is 20.8 Å². The lowest BCUT2D eigenvalue weighted by molar-refractivity contribution is -0.138. The molecule has 4 N–H and O–H groups in total. The smallest absolute Gasteiger partial charge is 0.303 e. The molecule has 0 radical (unpaired) electrons. The second-order valence-corrected chi connectivity index (χ2v) is 6.62. The Morgan fingerprint density at radius 1 is 1.22 bits per heavy atom. The minimum atomic E-state index is -1.20. The summed E-state index contributed by atoms with van der Waals surface area (Å²) >= 11 is 0. The second kappa shape index (κ2) is 8.45. The summed E-state index contributed by atoms with van der Waals surface area (Å²) in [4.78, 5) is 20.7. The Bertz CT molecular complexity index is 545. The summed E-state index contributed by atoms with van der Waals surface area (Å²) in [5, 5.41) is 17.1. The van der Waals surface area contributed by atoms with Gasteiger partial charge >= 0.3 is 5.97 Å². The molecule has 1 amide bonds. The maximum Gasteiger partial charge on any atom is 0.303 e. The highest BCUT2D eigenvalue weighted by Gasteiger charge is 2.17. The molecular weight excluding hydrogens is 308 g/mol. The molecule has 1 rings (SSSR count). The Hall–Kier alpha value is -2.18. The largest absolute Gasteiger partial charge is 0.503 e. The Balaban J connectivity index is 0.000000423. The highest BCUT2D eigenvalue weighted by atomic mass is 19.1. The van der Waals surface area contributed by atoms with Crippen LogP contribution in [-0.4, -0.2) is 22.1 Å². The van der Waals surface area contributed by atoms with E-state index in [1.165, 1.54) is 0 Å². The number of primary amides is 1. The topological polar surface area (TPSA) is 101 Å². The molecule has 0 spiro atoms. The zero-order valence-corrected chi connectivity index (χ0v) is 13.7. The monoisotopic (exact) mass is 331 g/mol. The molecule has 7 heteroatoms. The third-order valence-corrected chi connectivity index (χ3v) is 2.79. The van der Waals surface area contributed by atoms with E-state index in [-0.39, 0.29) is 23.3 Å². The van der Waals surface area contributed by atoms with Gasteiger partial charge in [-0.1, -0.05) is 27.7 Å². The lowest BCUT2D eigenvalue weighted by Crippen LogP contribution is -2.13. The van der Waals surface area contributed by atoms with Crippen LogP contribution in [0.15, 0.2) is 12.1 Å². The predicted molar refractivity (Wildman–Crippen MR) is 82.0 cm³/mol. The van der Waals surface area contributed by atoms with Gasteiger partial charge < -0.3 is 15.9 Å². The summed E-state index contributed by atoms with van der Waals surface area (Å²) in [7, 11) is 0. The minimum absolute atomic E-state index is 0.245. The number of hydrogen-bond donors (Lipinski definition) is 3. The number of hydrogen-bond acceptors (Lipinski definition) is 3. The van der Waals surface area contributed by atoms with Crippen LogP contribution in [-0.2, 0) is 4.79 Å². The lowest BCUT2D eigenvalue weighted by atomic mass is 9.84. The number of nitrogens with two attached hydrogens (primary N) is 1. The van der Waals surface area contributed by atoms with Crippen LogP contribution in [0.5, 0.6) is 5.75 Å². The average Bonchev–Trinajstić information content (AvgIpc) is 2.32. The van der Waals surface area contributed by atoms with E-state index in [0.29, 0.717) is 12.1 Å². The number of carbonyl (C=O) groups excluding carboxylic acids is 1. The molecule has 0 aliphatic carbocycles. The van der Waals surface area contributed by atoms with E-state index in [1.54, 1.807) is 0 Å². The Kier molecular flexibility index (Phi) is 7.65. The first-order valence-electron chi connectivity index (χ1n) is 7.03. The maximum absolute atomic E-state index is 12.5. The van der Waals surface area contributed by atoms with Gasteiger partial charge in [0, 0.05) is 12.0 Å². The number of aliphatic carboxylic acids is 1. The Morgan fingerprint density at radius 3 is 1.96 bits per heavy atom. The molecule has 23 heavy (non-hydrogen) atoms. The fraction of sp³-hybridized carbons (Fsp3) is 0.500. The molecule has 0 aliphatic heterocycles. The molecule has 0 fully saturated rings. The molecule has 0 bridgehead atoms. The number of phenols is 1. The van der Waals surface area contributed by atoms with Crippen molar-refractivity contribution in [1.82, 2.24) is 0 Å². The van der Waals surface area contributed by atoms with Crippen molar-refractivity contribution in [2.45, 2.75) is 40.5 Å². The van der Waals surface area contributed by atoms with Gasteiger partial charge in [0.25, 0.3) is 0 Å². The van der Waals surface area contributed by atoms with Crippen LogP contribution in [0.25, 0.3) is 0 Å². The zero-order valence-electron chi connectivity index (χ0n) is 13.7. The van der Waals surface area contributed by atoms with E-state index < -0.39 is 29.3 Å². The number of phenolic OH excluding ortho intramolecular Hbond substituents is 1. The predicted octanol–water partition coefficient (Wildman–Crippen LogP) is 3.30. The van der Waals surface area contributed by atoms with Crippen molar-refractivity contribution in [2.24, 2.45) is 17.1 Å². The summed E-state index contributed by atoms with van der Waals surface area (Å²) in [6.45, 7) is 8.38. The first kappa shape index (κ1) is 20.8. The van der Waals surface area contributed by atoms with Gasteiger partial charge in [0.05, 0.1) is 0 Å². The van der Waals surface area contributed by atoms with Crippen LogP contribution in [0.1, 0.15) is 50.9 Å². The molecule has 130 valence electrons. The van der Waals surface area contributed by atoms with E-state index in [9.17, 15) is 18.4 Å². The molecule has 1 atom stereocenters. The number of rotatable bonds is 4. The molecule has 1 aromatic rings. The van der Waals surface area contributed by atoms with E-state index >= 15 is 0 Å². The normalized spacial score (nSPS) is 12.1. The molecule has 0 saturated heterocycles. The van der Waals surface area contributed by atoms with Gasteiger partial charge in [-0.15, -0.1) is 0 Å². The van der Waals surface area contributed by atoms with Crippen molar-refractivity contribution in [3.63, 3.8) is 0 Å². The third kappa shape index (κ3) is 8.75. The SMILES string of the molecule is CC(CC(=O)O)CC(C)(C)C.NC(=O)c1cc(F)c(O)c(F)c1. The summed E-state index contributed by atoms with van der Waals surface area (Å²) in [6, 6.07) is 1.33. The second-order valence-electron chi connectivity index (χ2n) is 6.62. The summed E-state index contributed by atoms with van der Waals surface area (Å²) in [5.74, 6) is -4.88. The van der Waals surface area contributed by atoms with Crippen LogP contribution in [0.3, 0.4) is 0 Å². The number of halogens is 2. The van der Waals surface area contributed by atoms with Gasteiger partial charge in [-0.2, -0.15) is 0 Å². The summed E-state index contributed by atoms with van der Waals surface area (Å²) in [6.07, 6.45) is 1.26. The molecule has 0 saturated carbocycles. The summed E-state index contributed by atoms with van der Waals surface area (Å²) in [5.41, 5.74) is 4.68. The fourth-order valence-electron chi connectivity index (χ4n) is 2.12. The molecule has 0 heterocycles. The molecule has 1 unspecified atom stereocenters. The van der Waals surface area contributed by atoms with Crippen molar-refractivity contribution < 1.29 is 28.6 Å². The van der Waals surface area contributed by atoms with E-state index in [0.717, 1.165) is 6.42 Å². The molecule has 0 aromatic heterocycles. The number of carboxylic acids is 1. The number of benzene rings is 1. The molecule has 5 nitrogen and oxygen atoms in total. The van der Waals surface area contributed by atoms with Gasteiger partial charge in [0.2, 0.25) is 5.91 Å². The lowest BCUT2D eigenvalue weighted by Gasteiger charge is -2.21. The van der Waals surface area contributed by atoms with Crippen LogP contribution in [0.4, 0.5) is 8.78 Å². The van der Waals surface area contributed by atoms with Gasteiger partial charge in [0.1, 0.15) is 0 Å². The highest BCUT2D eigenvalue weighted by molar-refractivity contribution is 5.92. The standard InChI is InChI=1S/C9H18O2.C7H5F2NO2/c1-7(5-8(10)11)6-9(2,3)4;8-4-1-3(7(10)12)2-5(9)6(4)11/h7H,5-6H2,1-4H3,(H,10,11);1-2,11H,(H2,10,12). The molecular formula is C16H23F2NO4. The Morgan fingerprint density at radius 2 is 1.65 bits per heavy atom. The van der Waals surface area contributed by atoms with Gasteiger partial charge in [-0.05, 0) is 29.9 Å². The van der Waals surface area contributed by atoms with Crippen molar-refractivity contribution >= 4 is 11.9 Å². The van der Waals surface area contributed by atoms with Crippen LogP contribution in [0, 0.1) is 23.0 Å². The first-order valence-corrected chi connectivity index (χ1v) is 7.03. The van der Waals surface area contributed by atoms with E-state index in [1.807, 2.05) is 6.92 Å². The third-order valence-electron chi connectivity index (χ3n) is 2.79. The van der Waals surface area contributed by atoms with Crippen molar-refractivity contribution in [2.75, 3.05) is 0 Å². The van der Waals surface area contributed by atoms with E-state index in [4.69, 9.17) is 15.9 Å². The quantitative estimate of drug-likeness (QED) is 0.788. The first-order chi connectivity index (χ1) is 10.3. The average molecular weight is 331 g/mol. The van der Waals surface area contributed by atoms with Crippen LogP contribution >= 0.6 is 0 Å². The van der Waals surface area contributed by atoms with Crippen LogP contribution in [0.2, 0.25) is 0 Å². The summed E-state index contributed by atoms with van der Waals surface area (Å²) < 4.78 is 25.0. The maximum atomic E-state index is 12.5. The fourth-order valence-corrected chi connectivity index (χ4v) is 2.12. The highest BCUT2D eigenvalue weighted by Crippen LogP contribution is 2.25. The zero-order chi connectivity index (χ0) is 18.4. The Labute approximate surface area is 134 Å². The van der Waals surface area contributed by atoms with Crippen molar-refractivity contribution in [3.05, 3.63) is 29.3 Å². The number of carboxylic acid groups (broad SMARTS) is 1. The van der Waals surface area contributed by atoms with Crippen LogP contribution < -0.4 is 5.73 Å². The van der Waals surface area contributed by atoms with Crippen molar-refractivity contribution in [1.29, 1.82) is 0 Å². The van der Waals surface area contributed by atoms with Gasteiger partial charge in [0.15, 0.2) is 17.4 Å². The molecule has 1 aromatic carbocycles. The number of aromatic hydroxyl groups is 1.